The fourth-order valence-corrected chi connectivity index (χ4v) is 5.17. The number of benzene rings is 3. The van der Waals surface area contributed by atoms with Gasteiger partial charge in [0.15, 0.2) is 6.61 Å². The first kappa shape index (κ1) is 22.9. The topological polar surface area (TPSA) is 84.5 Å². The molecule has 0 spiro atoms. The molecule has 0 saturated heterocycles. The predicted octanol–water partition coefficient (Wildman–Crippen LogP) is 4.68. The first-order chi connectivity index (χ1) is 15.8. The van der Waals surface area contributed by atoms with Gasteiger partial charge in [-0.15, -0.1) is 0 Å². The second-order valence-electron chi connectivity index (χ2n) is 8.40. The average Bonchev–Trinajstić information content (AvgIpc) is 2.80. The summed E-state index contributed by atoms with van der Waals surface area (Å²) in [4.78, 5) is 12.6. The molecule has 1 atom stereocenters. The van der Waals surface area contributed by atoms with Gasteiger partial charge in [-0.2, -0.15) is 0 Å². The Morgan fingerprint density at radius 1 is 1.03 bits per heavy atom. The second kappa shape index (κ2) is 9.67. The minimum atomic E-state index is -3.73. The van der Waals surface area contributed by atoms with E-state index in [-0.39, 0.29) is 23.5 Å². The van der Waals surface area contributed by atoms with Crippen molar-refractivity contribution >= 4 is 21.6 Å². The third-order valence-corrected chi connectivity index (χ3v) is 7.23. The third kappa shape index (κ3) is 5.54. The Balaban J connectivity index is 1.35. The Hall–Kier alpha value is -3.32. The van der Waals surface area contributed by atoms with Crippen LogP contribution in [0, 0.1) is 13.8 Å². The van der Waals surface area contributed by atoms with E-state index in [4.69, 9.17) is 4.74 Å². The van der Waals surface area contributed by atoms with Gasteiger partial charge in [0.05, 0.1) is 16.6 Å². The Kier molecular flexibility index (Phi) is 6.70. The lowest BCUT2D eigenvalue weighted by molar-refractivity contribution is -0.124. The maximum Gasteiger partial charge on any atom is 0.261 e. The van der Waals surface area contributed by atoms with Crippen LogP contribution in [0.4, 0.5) is 5.69 Å². The van der Waals surface area contributed by atoms with Gasteiger partial charge in [-0.3, -0.25) is 9.52 Å². The summed E-state index contributed by atoms with van der Waals surface area (Å²) in [6.45, 7) is 3.63. The molecule has 33 heavy (non-hydrogen) atoms. The number of aryl methyl sites for hydroxylation is 3. The molecule has 1 aliphatic rings. The van der Waals surface area contributed by atoms with E-state index in [1.54, 1.807) is 18.2 Å². The average molecular weight is 465 g/mol. The van der Waals surface area contributed by atoms with Crippen LogP contribution in [0.1, 0.15) is 41.1 Å². The van der Waals surface area contributed by atoms with Crippen molar-refractivity contribution in [1.82, 2.24) is 5.32 Å². The number of hydrogen-bond acceptors (Lipinski definition) is 4. The van der Waals surface area contributed by atoms with Crippen LogP contribution in [0.15, 0.2) is 71.6 Å². The summed E-state index contributed by atoms with van der Waals surface area (Å²) in [5.74, 6) is 0.227. The number of nitrogens with one attached hydrogen (secondary N) is 2. The van der Waals surface area contributed by atoms with Crippen LogP contribution in [-0.2, 0) is 21.2 Å². The van der Waals surface area contributed by atoms with Gasteiger partial charge in [0.25, 0.3) is 15.9 Å². The summed E-state index contributed by atoms with van der Waals surface area (Å²) in [5, 5.41) is 3.05. The van der Waals surface area contributed by atoms with Crippen LogP contribution < -0.4 is 14.8 Å². The zero-order valence-electron chi connectivity index (χ0n) is 18.8. The quantitative estimate of drug-likeness (QED) is 0.532. The van der Waals surface area contributed by atoms with Gasteiger partial charge >= 0.3 is 0 Å². The Labute approximate surface area is 195 Å². The van der Waals surface area contributed by atoms with E-state index < -0.39 is 10.0 Å². The van der Waals surface area contributed by atoms with Gasteiger partial charge in [0.2, 0.25) is 0 Å². The lowest BCUT2D eigenvalue weighted by Gasteiger charge is -2.26. The van der Waals surface area contributed by atoms with E-state index in [0.717, 1.165) is 30.4 Å². The number of rotatable bonds is 7. The van der Waals surface area contributed by atoms with E-state index in [2.05, 4.69) is 22.2 Å². The molecule has 0 fully saturated rings. The standard InChI is InChI=1S/C26H28N2O4S/c1-18-10-11-19(2)25(16-18)28-33(30,31)22-14-12-21(13-15-22)32-17-26(29)27-24-9-5-7-20-6-3-4-8-23(20)24/h3-4,6,8,10-16,24,28H,5,7,9,17H2,1-2H3,(H,27,29)/t24-/m1/s1. The molecular weight excluding hydrogens is 436 g/mol. The summed E-state index contributed by atoms with van der Waals surface area (Å²) in [7, 11) is -3.73. The highest BCUT2D eigenvalue weighted by atomic mass is 32.2. The van der Waals surface area contributed by atoms with Crippen molar-refractivity contribution in [3.8, 4) is 5.75 Å². The van der Waals surface area contributed by atoms with Crippen molar-refractivity contribution in [2.75, 3.05) is 11.3 Å². The molecule has 0 aliphatic heterocycles. The number of carbonyl (C=O) groups excluding carboxylic acids is 1. The SMILES string of the molecule is Cc1ccc(C)c(NS(=O)(=O)c2ccc(OCC(=O)N[C@@H]3CCCc4ccccc43)cc2)c1. The lowest BCUT2D eigenvalue weighted by atomic mass is 9.88. The molecule has 0 radical (unpaired) electrons. The number of fused-ring (bicyclic) bond motifs is 1. The number of ether oxygens (including phenoxy) is 1. The molecule has 0 unspecified atom stereocenters. The minimum Gasteiger partial charge on any atom is -0.484 e. The molecule has 172 valence electrons. The molecular formula is C26H28N2O4S. The molecule has 0 heterocycles. The third-order valence-electron chi connectivity index (χ3n) is 5.85. The van der Waals surface area contributed by atoms with E-state index in [0.29, 0.717) is 11.4 Å². The van der Waals surface area contributed by atoms with Crippen molar-refractivity contribution in [3.63, 3.8) is 0 Å². The van der Waals surface area contributed by atoms with Gasteiger partial charge in [-0.25, -0.2) is 8.42 Å². The molecule has 1 amide bonds. The zero-order chi connectivity index (χ0) is 23.4. The van der Waals surface area contributed by atoms with Crippen molar-refractivity contribution < 1.29 is 17.9 Å². The fraction of sp³-hybridized carbons (Fsp3) is 0.269. The van der Waals surface area contributed by atoms with Gasteiger partial charge < -0.3 is 10.1 Å². The highest BCUT2D eigenvalue weighted by Gasteiger charge is 2.21. The Morgan fingerprint density at radius 3 is 2.58 bits per heavy atom. The van der Waals surface area contributed by atoms with Crippen LogP contribution in [0.5, 0.6) is 5.75 Å². The predicted molar refractivity (Wildman–Crippen MR) is 129 cm³/mol. The van der Waals surface area contributed by atoms with Crippen molar-refractivity contribution in [2.45, 2.75) is 44.0 Å². The smallest absolute Gasteiger partial charge is 0.261 e. The number of amides is 1. The molecule has 3 aromatic rings. The molecule has 1 aliphatic carbocycles. The molecule has 0 saturated carbocycles. The molecule has 3 aromatic carbocycles. The van der Waals surface area contributed by atoms with Crippen LogP contribution in [-0.4, -0.2) is 20.9 Å². The summed E-state index contributed by atoms with van der Waals surface area (Å²) < 4.78 is 33.7. The lowest BCUT2D eigenvalue weighted by Crippen LogP contribution is -2.34. The fourth-order valence-electron chi connectivity index (χ4n) is 4.05. The van der Waals surface area contributed by atoms with Gasteiger partial charge in [0, 0.05) is 0 Å². The molecule has 2 N–H and O–H groups in total. The molecule has 7 heteroatoms. The first-order valence-corrected chi connectivity index (χ1v) is 12.5. The number of sulfonamides is 1. The summed E-state index contributed by atoms with van der Waals surface area (Å²) in [6.07, 6.45) is 2.98. The molecule has 0 aromatic heterocycles. The van der Waals surface area contributed by atoms with E-state index >= 15 is 0 Å². The van der Waals surface area contributed by atoms with Gasteiger partial charge in [0.1, 0.15) is 5.75 Å². The first-order valence-electron chi connectivity index (χ1n) is 11.0. The number of carbonyl (C=O) groups is 1. The Bertz CT molecular complexity index is 1250. The normalized spacial score (nSPS) is 15.4. The van der Waals surface area contributed by atoms with Crippen molar-refractivity contribution in [2.24, 2.45) is 0 Å². The zero-order valence-corrected chi connectivity index (χ0v) is 19.6. The highest BCUT2D eigenvalue weighted by molar-refractivity contribution is 7.92. The van der Waals surface area contributed by atoms with Gasteiger partial charge in [-0.05, 0) is 85.7 Å². The van der Waals surface area contributed by atoms with Crippen LogP contribution >= 0.6 is 0 Å². The Morgan fingerprint density at radius 2 is 1.79 bits per heavy atom. The van der Waals surface area contributed by atoms with Crippen LogP contribution in [0.3, 0.4) is 0 Å². The molecule has 0 bridgehead atoms. The monoisotopic (exact) mass is 464 g/mol. The van der Waals surface area contributed by atoms with Crippen LogP contribution in [0.2, 0.25) is 0 Å². The maximum absolute atomic E-state index is 12.7. The number of hydrogen-bond donors (Lipinski definition) is 2. The largest absolute Gasteiger partial charge is 0.484 e. The summed E-state index contributed by atoms with van der Waals surface area (Å²) >= 11 is 0. The van der Waals surface area contributed by atoms with Gasteiger partial charge in [-0.1, -0.05) is 36.4 Å². The molecule has 6 nitrogen and oxygen atoms in total. The molecule has 4 rings (SSSR count). The summed E-state index contributed by atoms with van der Waals surface area (Å²) in [5.41, 5.74) is 4.81. The van der Waals surface area contributed by atoms with Crippen molar-refractivity contribution in [1.29, 1.82) is 0 Å². The van der Waals surface area contributed by atoms with E-state index in [9.17, 15) is 13.2 Å². The van der Waals surface area contributed by atoms with E-state index in [1.165, 1.54) is 23.3 Å². The minimum absolute atomic E-state index is 0.00489. The summed E-state index contributed by atoms with van der Waals surface area (Å²) in [6, 6.07) is 19.8. The van der Waals surface area contributed by atoms with E-state index in [1.807, 2.05) is 38.1 Å². The number of anilines is 1. The van der Waals surface area contributed by atoms with Crippen molar-refractivity contribution in [3.05, 3.63) is 89.0 Å². The second-order valence-corrected chi connectivity index (χ2v) is 10.1. The highest BCUT2D eigenvalue weighted by Crippen LogP contribution is 2.29. The van der Waals surface area contributed by atoms with Crippen LogP contribution in [0.25, 0.3) is 0 Å². The maximum atomic E-state index is 12.7.